The van der Waals surface area contributed by atoms with Crippen LogP contribution in [0.4, 0.5) is 4.79 Å². The largest absolute Gasteiger partial charge is 0.348 e. The van der Waals surface area contributed by atoms with Gasteiger partial charge in [0.1, 0.15) is 9.75 Å². The van der Waals surface area contributed by atoms with Gasteiger partial charge in [-0.15, -0.1) is 11.3 Å². The highest BCUT2D eigenvalue weighted by atomic mass is 79.9. The number of hydrogen-bond acceptors (Lipinski definition) is 7. The van der Waals surface area contributed by atoms with Crippen molar-refractivity contribution in [1.82, 2.24) is 20.1 Å². The fourth-order valence-corrected chi connectivity index (χ4v) is 6.59. The lowest BCUT2D eigenvalue weighted by Crippen LogP contribution is -2.70. The van der Waals surface area contributed by atoms with Gasteiger partial charge in [0, 0.05) is 22.3 Å². The number of nitrogens with zero attached hydrogens (tertiary/aromatic N) is 3. The Bertz CT molecular complexity index is 1390. The van der Waals surface area contributed by atoms with Crippen molar-refractivity contribution in [2.75, 3.05) is 6.26 Å². The summed E-state index contributed by atoms with van der Waals surface area (Å²) in [5.74, 6) is -0.312. The van der Waals surface area contributed by atoms with E-state index in [2.05, 4.69) is 26.3 Å². The first-order valence-corrected chi connectivity index (χ1v) is 13.5. The summed E-state index contributed by atoms with van der Waals surface area (Å²) >= 11 is 5.13. The van der Waals surface area contributed by atoms with Crippen LogP contribution in [0.15, 0.2) is 34.9 Å². The second kappa shape index (κ2) is 6.71. The lowest BCUT2D eigenvalue weighted by molar-refractivity contribution is -0.174. The smallest absolute Gasteiger partial charge is 0.276 e. The molecule has 0 atom stereocenters. The summed E-state index contributed by atoms with van der Waals surface area (Å²) in [7, 11) is -3.43. The summed E-state index contributed by atoms with van der Waals surface area (Å²) in [6, 6.07) is 6.81. The Morgan fingerprint density at radius 2 is 1.91 bits per heavy atom. The van der Waals surface area contributed by atoms with Gasteiger partial charge in [-0.3, -0.25) is 10.1 Å². The van der Waals surface area contributed by atoms with Crippen molar-refractivity contribution in [3.8, 4) is 0 Å². The van der Waals surface area contributed by atoms with Crippen LogP contribution < -0.4 is 5.32 Å². The molecule has 6 rings (SSSR count). The summed E-state index contributed by atoms with van der Waals surface area (Å²) in [5, 5.41) is 7.57. The summed E-state index contributed by atoms with van der Waals surface area (Å²) < 4.78 is 25.8. The molecule has 2 bridgehead atoms. The molecule has 3 saturated carbocycles. The predicted molar refractivity (Wildman–Crippen MR) is 124 cm³/mol. The fourth-order valence-electron chi connectivity index (χ4n) is 4.62. The van der Waals surface area contributed by atoms with E-state index in [0.29, 0.717) is 19.3 Å². The van der Waals surface area contributed by atoms with Crippen molar-refractivity contribution in [2.24, 2.45) is 5.41 Å². The van der Waals surface area contributed by atoms with Crippen molar-refractivity contribution in [3.05, 3.63) is 45.6 Å². The van der Waals surface area contributed by atoms with Crippen LogP contribution in [0.2, 0.25) is 0 Å². The third-order valence-electron chi connectivity index (χ3n) is 6.88. The maximum Gasteiger partial charge on any atom is 0.348 e. The first kappa shape index (κ1) is 21.7. The molecule has 11 heteroatoms. The number of benzene rings is 1. The van der Waals surface area contributed by atoms with E-state index in [9.17, 15) is 18.0 Å². The lowest BCUT2D eigenvalue weighted by atomic mass is 9.35. The SMILES string of the molecule is CC(C)(c1ccn(C(=O)NC(=O)C23CC(c4nc5cc(Br)ccc5s4)(C2)C3)n1)S(C)(=O)=O. The van der Waals surface area contributed by atoms with Gasteiger partial charge in [0.25, 0.3) is 0 Å². The van der Waals surface area contributed by atoms with E-state index >= 15 is 0 Å². The van der Waals surface area contributed by atoms with E-state index in [1.165, 1.54) is 26.1 Å². The monoisotopic (exact) mass is 536 g/mol. The van der Waals surface area contributed by atoms with Crippen molar-refractivity contribution >= 4 is 59.3 Å². The third kappa shape index (κ3) is 3.08. The number of carbonyl (C=O) groups is 2. The minimum Gasteiger partial charge on any atom is -0.276 e. The van der Waals surface area contributed by atoms with Crippen LogP contribution in [0, 0.1) is 5.41 Å². The van der Waals surface area contributed by atoms with Crippen LogP contribution in [0.25, 0.3) is 10.2 Å². The first-order chi connectivity index (χ1) is 14.9. The molecule has 0 radical (unpaired) electrons. The van der Waals surface area contributed by atoms with Gasteiger partial charge in [-0.2, -0.15) is 9.78 Å². The quantitative estimate of drug-likeness (QED) is 0.543. The van der Waals surface area contributed by atoms with Crippen LogP contribution in [-0.4, -0.2) is 41.4 Å². The van der Waals surface area contributed by atoms with Crippen LogP contribution in [-0.2, 0) is 24.8 Å². The molecule has 3 aromatic rings. The molecule has 32 heavy (non-hydrogen) atoms. The van der Waals surface area contributed by atoms with E-state index in [0.717, 1.165) is 30.6 Å². The average molecular weight is 537 g/mol. The van der Waals surface area contributed by atoms with Crippen LogP contribution >= 0.6 is 27.3 Å². The molecule has 0 aliphatic heterocycles. The van der Waals surface area contributed by atoms with Crippen molar-refractivity contribution in [1.29, 1.82) is 0 Å². The lowest BCUT2D eigenvalue weighted by Gasteiger charge is -2.68. The molecule has 0 unspecified atom stereocenters. The number of fused-ring (bicyclic) bond motifs is 1. The topological polar surface area (TPSA) is 111 Å². The maximum atomic E-state index is 12.8. The van der Waals surface area contributed by atoms with Gasteiger partial charge in [-0.05, 0) is 57.4 Å². The Balaban J connectivity index is 1.26. The van der Waals surface area contributed by atoms with Crippen LogP contribution in [0.1, 0.15) is 43.8 Å². The molecule has 3 fully saturated rings. The zero-order valence-electron chi connectivity index (χ0n) is 17.7. The second-order valence-corrected chi connectivity index (χ2v) is 13.9. The Labute approximate surface area is 197 Å². The molecule has 168 valence electrons. The molecule has 2 aromatic heterocycles. The van der Waals surface area contributed by atoms with E-state index in [1.54, 1.807) is 11.3 Å². The van der Waals surface area contributed by atoms with Gasteiger partial charge in [0.05, 0.1) is 21.3 Å². The summed E-state index contributed by atoms with van der Waals surface area (Å²) in [4.78, 5) is 30.2. The molecule has 0 spiro atoms. The van der Waals surface area contributed by atoms with E-state index < -0.39 is 26.0 Å². The van der Waals surface area contributed by atoms with Crippen molar-refractivity contribution in [3.63, 3.8) is 0 Å². The number of carbonyl (C=O) groups excluding carboxylic acids is 2. The number of hydrogen-bond donors (Lipinski definition) is 1. The van der Waals surface area contributed by atoms with Gasteiger partial charge in [0.2, 0.25) is 5.91 Å². The molecule has 8 nitrogen and oxygen atoms in total. The maximum absolute atomic E-state index is 12.8. The fraction of sp³-hybridized carbons (Fsp3) is 0.429. The number of sulfone groups is 1. The van der Waals surface area contributed by atoms with Gasteiger partial charge < -0.3 is 0 Å². The average Bonchev–Trinajstić information content (AvgIpc) is 3.25. The third-order valence-corrected chi connectivity index (χ3v) is 10.7. The number of nitrogens with one attached hydrogen (secondary N) is 1. The number of rotatable bonds is 4. The van der Waals surface area contributed by atoms with Gasteiger partial charge in [-0.1, -0.05) is 15.9 Å². The highest BCUT2D eigenvalue weighted by molar-refractivity contribution is 9.10. The Morgan fingerprint density at radius 3 is 2.56 bits per heavy atom. The molecule has 1 aromatic carbocycles. The summed E-state index contributed by atoms with van der Waals surface area (Å²) in [5.41, 5.74) is 0.573. The van der Waals surface area contributed by atoms with Gasteiger partial charge >= 0.3 is 6.03 Å². The molecule has 0 saturated heterocycles. The zero-order valence-corrected chi connectivity index (χ0v) is 20.9. The van der Waals surface area contributed by atoms with Crippen LogP contribution in [0.5, 0.6) is 0 Å². The molecule has 3 aliphatic rings. The molecule has 2 amide bonds. The zero-order chi connectivity index (χ0) is 23.1. The highest BCUT2D eigenvalue weighted by Gasteiger charge is 2.73. The van der Waals surface area contributed by atoms with Gasteiger partial charge in [0.15, 0.2) is 9.84 Å². The number of imide groups is 1. The minimum atomic E-state index is -3.43. The van der Waals surface area contributed by atoms with Crippen molar-refractivity contribution in [2.45, 2.75) is 43.3 Å². The summed E-state index contributed by atoms with van der Waals surface area (Å²) in [6.07, 6.45) is 4.51. The standard InChI is InChI=1S/C21H21BrN4O4S2/c1-19(2,32(3,29)30)15-6-7-26(25-15)18(28)24-16(27)20-9-21(10-20,11-20)17-23-13-8-12(22)4-5-14(13)31-17/h4-8H,9-11H2,1-3H3,(H,24,27,28). The summed E-state index contributed by atoms with van der Waals surface area (Å²) in [6.45, 7) is 3.06. The Hall–Kier alpha value is -2.11. The van der Waals surface area contributed by atoms with E-state index in [4.69, 9.17) is 4.98 Å². The number of thiazole rings is 1. The van der Waals surface area contributed by atoms with E-state index in [1.807, 2.05) is 18.2 Å². The normalized spacial score (nSPS) is 24.6. The molecular weight excluding hydrogens is 516 g/mol. The molecule has 1 N–H and O–H groups in total. The predicted octanol–water partition coefficient (Wildman–Crippen LogP) is 3.74. The molecule has 2 heterocycles. The van der Waals surface area contributed by atoms with Crippen molar-refractivity contribution < 1.29 is 18.0 Å². The number of halogens is 1. The van der Waals surface area contributed by atoms with Gasteiger partial charge in [-0.25, -0.2) is 18.2 Å². The van der Waals surface area contributed by atoms with E-state index in [-0.39, 0.29) is 17.0 Å². The first-order valence-electron chi connectivity index (χ1n) is 10.0. The molecule has 3 aliphatic carbocycles. The Morgan fingerprint density at radius 1 is 1.22 bits per heavy atom. The Kier molecular flexibility index (Phi) is 4.55. The highest BCUT2D eigenvalue weighted by Crippen LogP contribution is 2.74. The van der Waals surface area contributed by atoms with Crippen LogP contribution in [0.3, 0.4) is 0 Å². The second-order valence-electron chi connectivity index (χ2n) is 9.41. The minimum absolute atomic E-state index is 0.0745. The number of amides is 2. The number of aromatic nitrogens is 3. The molecular formula is C21H21BrN4O4S2.